The van der Waals surface area contributed by atoms with Crippen LogP contribution in [-0.2, 0) is 0 Å². The Bertz CT molecular complexity index is 341. The normalized spacial score (nSPS) is 13.1. The number of hydrogen-bond donors (Lipinski definition) is 1. The standard InChI is InChI=1S/C15H25NO.ClH/c1-11(2)10-14(16)12-6-8-13(9-7-12)17-15(3,4)5;/h6-9,11,14H,10,16H2,1-5H3;1H/t14-;/m1./s1. The van der Waals surface area contributed by atoms with Crippen LogP contribution in [0.25, 0.3) is 0 Å². The molecule has 2 nitrogen and oxygen atoms in total. The first-order chi connectivity index (χ1) is 7.78. The Kier molecular flexibility index (Phi) is 6.72. The second kappa shape index (κ2) is 7.01. The summed E-state index contributed by atoms with van der Waals surface area (Å²) in [5.74, 6) is 1.52. The molecular weight excluding hydrogens is 246 g/mol. The molecule has 0 saturated heterocycles. The zero-order valence-corrected chi connectivity index (χ0v) is 12.9. The van der Waals surface area contributed by atoms with Crippen molar-refractivity contribution in [3.8, 4) is 5.75 Å². The van der Waals surface area contributed by atoms with E-state index in [0.717, 1.165) is 12.2 Å². The van der Waals surface area contributed by atoms with Gasteiger partial charge in [-0.15, -0.1) is 12.4 Å². The van der Waals surface area contributed by atoms with Gasteiger partial charge in [-0.2, -0.15) is 0 Å². The van der Waals surface area contributed by atoms with E-state index in [0.29, 0.717) is 5.92 Å². The Morgan fingerprint density at radius 2 is 1.61 bits per heavy atom. The highest BCUT2D eigenvalue weighted by molar-refractivity contribution is 5.85. The predicted octanol–water partition coefficient (Wildman–Crippen LogP) is 4.33. The summed E-state index contributed by atoms with van der Waals surface area (Å²) in [5, 5.41) is 0. The molecule has 0 saturated carbocycles. The molecule has 2 N–H and O–H groups in total. The summed E-state index contributed by atoms with van der Waals surface area (Å²) in [6.07, 6.45) is 1.01. The van der Waals surface area contributed by atoms with Crippen molar-refractivity contribution in [3.05, 3.63) is 29.8 Å². The summed E-state index contributed by atoms with van der Waals surface area (Å²) < 4.78 is 5.78. The smallest absolute Gasteiger partial charge is 0.120 e. The largest absolute Gasteiger partial charge is 0.488 e. The molecule has 0 aromatic heterocycles. The topological polar surface area (TPSA) is 35.2 Å². The van der Waals surface area contributed by atoms with Crippen LogP contribution in [0, 0.1) is 5.92 Å². The number of rotatable bonds is 4. The average molecular weight is 272 g/mol. The quantitative estimate of drug-likeness (QED) is 0.885. The zero-order chi connectivity index (χ0) is 13.1. The van der Waals surface area contributed by atoms with E-state index in [4.69, 9.17) is 10.5 Å². The second-order valence-corrected chi connectivity index (χ2v) is 6.02. The van der Waals surface area contributed by atoms with Gasteiger partial charge in [-0.3, -0.25) is 0 Å². The van der Waals surface area contributed by atoms with E-state index >= 15 is 0 Å². The second-order valence-electron chi connectivity index (χ2n) is 6.02. The third-order valence-electron chi connectivity index (χ3n) is 2.46. The van der Waals surface area contributed by atoms with Crippen molar-refractivity contribution in [3.63, 3.8) is 0 Å². The molecule has 0 aliphatic heterocycles. The van der Waals surface area contributed by atoms with Gasteiger partial charge in [0.1, 0.15) is 11.4 Å². The average Bonchev–Trinajstić information content (AvgIpc) is 2.15. The summed E-state index contributed by atoms with van der Waals surface area (Å²) in [7, 11) is 0. The van der Waals surface area contributed by atoms with Gasteiger partial charge >= 0.3 is 0 Å². The van der Waals surface area contributed by atoms with Crippen LogP contribution in [0.1, 0.15) is 52.6 Å². The van der Waals surface area contributed by atoms with Crippen molar-refractivity contribution in [1.82, 2.24) is 0 Å². The van der Waals surface area contributed by atoms with Crippen LogP contribution in [0.5, 0.6) is 5.75 Å². The van der Waals surface area contributed by atoms with Crippen LogP contribution in [0.15, 0.2) is 24.3 Å². The molecule has 0 aliphatic carbocycles. The fraction of sp³-hybridized carbons (Fsp3) is 0.600. The molecule has 0 fully saturated rings. The van der Waals surface area contributed by atoms with E-state index in [1.54, 1.807) is 0 Å². The lowest BCUT2D eigenvalue weighted by atomic mass is 9.98. The number of hydrogen-bond acceptors (Lipinski definition) is 2. The number of benzene rings is 1. The van der Waals surface area contributed by atoms with Crippen molar-refractivity contribution in [2.75, 3.05) is 0 Å². The Labute approximate surface area is 117 Å². The summed E-state index contributed by atoms with van der Waals surface area (Å²) in [5.41, 5.74) is 7.16. The minimum Gasteiger partial charge on any atom is -0.488 e. The lowest BCUT2D eigenvalue weighted by molar-refractivity contribution is 0.131. The first-order valence-electron chi connectivity index (χ1n) is 6.32. The maximum Gasteiger partial charge on any atom is 0.120 e. The van der Waals surface area contributed by atoms with Crippen molar-refractivity contribution in [1.29, 1.82) is 0 Å². The lowest BCUT2D eigenvalue weighted by Gasteiger charge is -2.22. The highest BCUT2D eigenvalue weighted by atomic mass is 35.5. The Morgan fingerprint density at radius 1 is 1.11 bits per heavy atom. The zero-order valence-electron chi connectivity index (χ0n) is 12.1. The molecule has 1 aromatic carbocycles. The van der Waals surface area contributed by atoms with E-state index in [9.17, 15) is 0 Å². The van der Waals surface area contributed by atoms with Crippen molar-refractivity contribution in [2.24, 2.45) is 11.7 Å². The molecule has 18 heavy (non-hydrogen) atoms. The highest BCUT2D eigenvalue weighted by Crippen LogP contribution is 2.23. The molecule has 104 valence electrons. The molecule has 1 atom stereocenters. The monoisotopic (exact) mass is 271 g/mol. The maximum atomic E-state index is 6.13. The first-order valence-corrected chi connectivity index (χ1v) is 6.32. The first kappa shape index (κ1) is 17.3. The Hall–Kier alpha value is -0.730. The summed E-state index contributed by atoms with van der Waals surface area (Å²) in [6, 6.07) is 8.25. The molecule has 3 heteroatoms. The molecule has 0 unspecified atom stereocenters. The van der Waals surface area contributed by atoms with E-state index in [-0.39, 0.29) is 24.0 Å². The fourth-order valence-corrected chi connectivity index (χ4v) is 1.78. The van der Waals surface area contributed by atoms with Gasteiger partial charge in [0.25, 0.3) is 0 Å². The maximum absolute atomic E-state index is 6.13. The van der Waals surface area contributed by atoms with Crippen LogP contribution >= 0.6 is 12.4 Å². The number of nitrogens with two attached hydrogens (primary N) is 1. The van der Waals surface area contributed by atoms with Gasteiger partial charge in [0.15, 0.2) is 0 Å². The van der Waals surface area contributed by atoms with Gasteiger partial charge in [0.05, 0.1) is 0 Å². The summed E-state index contributed by atoms with van der Waals surface area (Å²) >= 11 is 0. The Balaban J connectivity index is 0.00000289. The van der Waals surface area contributed by atoms with Crippen LogP contribution in [0.2, 0.25) is 0 Å². The summed E-state index contributed by atoms with van der Waals surface area (Å²) in [4.78, 5) is 0. The van der Waals surface area contributed by atoms with E-state index in [1.165, 1.54) is 5.56 Å². The van der Waals surface area contributed by atoms with Crippen LogP contribution in [-0.4, -0.2) is 5.60 Å². The third-order valence-corrected chi connectivity index (χ3v) is 2.46. The molecule has 0 heterocycles. The SMILES string of the molecule is CC(C)C[C@@H](N)c1ccc(OC(C)(C)C)cc1.Cl. The minimum atomic E-state index is -0.151. The molecule has 0 radical (unpaired) electrons. The van der Waals surface area contributed by atoms with Gasteiger partial charge in [-0.1, -0.05) is 26.0 Å². The minimum absolute atomic E-state index is 0. The van der Waals surface area contributed by atoms with Gasteiger partial charge in [0.2, 0.25) is 0 Å². The Morgan fingerprint density at radius 3 is 2.00 bits per heavy atom. The van der Waals surface area contributed by atoms with E-state index in [1.807, 2.05) is 32.9 Å². The molecule has 1 rings (SSSR count). The predicted molar refractivity (Wildman–Crippen MR) is 80.5 cm³/mol. The molecule has 0 aliphatic rings. The van der Waals surface area contributed by atoms with Gasteiger partial charge in [-0.25, -0.2) is 0 Å². The fourth-order valence-electron chi connectivity index (χ4n) is 1.78. The van der Waals surface area contributed by atoms with Gasteiger partial charge in [-0.05, 0) is 50.8 Å². The van der Waals surface area contributed by atoms with Gasteiger partial charge in [0, 0.05) is 6.04 Å². The highest BCUT2D eigenvalue weighted by Gasteiger charge is 2.12. The van der Waals surface area contributed by atoms with Crippen LogP contribution < -0.4 is 10.5 Å². The van der Waals surface area contributed by atoms with E-state index < -0.39 is 0 Å². The van der Waals surface area contributed by atoms with Crippen molar-refractivity contribution in [2.45, 2.75) is 52.7 Å². The summed E-state index contributed by atoms with van der Waals surface area (Å²) in [6.45, 7) is 10.5. The lowest BCUT2D eigenvalue weighted by Crippen LogP contribution is -2.23. The number of halogens is 1. The van der Waals surface area contributed by atoms with Gasteiger partial charge < -0.3 is 10.5 Å². The molecule has 0 spiro atoms. The number of ether oxygens (including phenoxy) is 1. The molecule has 0 amide bonds. The van der Waals surface area contributed by atoms with Crippen molar-refractivity contribution >= 4 is 12.4 Å². The van der Waals surface area contributed by atoms with Crippen LogP contribution in [0.4, 0.5) is 0 Å². The van der Waals surface area contributed by atoms with Crippen molar-refractivity contribution < 1.29 is 4.74 Å². The van der Waals surface area contributed by atoms with E-state index in [2.05, 4.69) is 26.0 Å². The molecule has 1 aromatic rings. The third kappa shape index (κ3) is 6.27. The molecule has 0 bridgehead atoms. The van der Waals surface area contributed by atoms with Crippen LogP contribution in [0.3, 0.4) is 0 Å². The molecular formula is C15H26ClNO.